The first-order valence-corrected chi connectivity index (χ1v) is 11.3. The van der Waals surface area contributed by atoms with Crippen molar-refractivity contribution in [1.82, 2.24) is 15.1 Å². The van der Waals surface area contributed by atoms with E-state index in [2.05, 4.69) is 19.2 Å². The zero-order valence-corrected chi connectivity index (χ0v) is 16.1. The number of piperazine rings is 1. The average molecular weight is 371 g/mol. The molecule has 0 radical (unpaired) electrons. The number of rotatable bonds is 5. The van der Waals surface area contributed by atoms with E-state index in [0.717, 1.165) is 38.3 Å². The van der Waals surface area contributed by atoms with Crippen LogP contribution in [0.25, 0.3) is 0 Å². The SMILES string of the molecule is CCC(C)NC(=NCC1CCS(=O)(=O)C1)N1CCN(C2CC2)C(=O)C1. The summed E-state index contributed by atoms with van der Waals surface area (Å²) < 4.78 is 23.3. The highest BCUT2D eigenvalue weighted by molar-refractivity contribution is 7.91. The van der Waals surface area contributed by atoms with Crippen molar-refractivity contribution in [3.63, 3.8) is 0 Å². The van der Waals surface area contributed by atoms with Gasteiger partial charge in [0.25, 0.3) is 0 Å². The monoisotopic (exact) mass is 370 g/mol. The van der Waals surface area contributed by atoms with Crippen molar-refractivity contribution in [3.8, 4) is 0 Å². The van der Waals surface area contributed by atoms with Gasteiger partial charge in [0.2, 0.25) is 5.91 Å². The highest BCUT2D eigenvalue weighted by Crippen LogP contribution is 2.28. The fourth-order valence-corrected chi connectivity index (χ4v) is 5.28. The molecule has 0 aromatic carbocycles. The molecule has 2 heterocycles. The van der Waals surface area contributed by atoms with Crippen LogP contribution in [-0.2, 0) is 14.6 Å². The molecule has 1 aliphatic carbocycles. The van der Waals surface area contributed by atoms with Crippen molar-refractivity contribution in [2.24, 2.45) is 10.9 Å². The first-order chi connectivity index (χ1) is 11.9. The van der Waals surface area contributed by atoms with Gasteiger partial charge in [-0.1, -0.05) is 6.92 Å². The number of nitrogens with zero attached hydrogens (tertiary/aromatic N) is 3. The second-order valence-corrected chi connectivity index (χ2v) is 9.86. The predicted octanol–water partition coefficient (Wildman–Crippen LogP) is 0.472. The van der Waals surface area contributed by atoms with E-state index in [9.17, 15) is 13.2 Å². The van der Waals surface area contributed by atoms with E-state index >= 15 is 0 Å². The number of amides is 1. The number of hydrogen-bond acceptors (Lipinski definition) is 4. The lowest BCUT2D eigenvalue weighted by atomic mass is 10.1. The van der Waals surface area contributed by atoms with Crippen LogP contribution in [-0.4, -0.2) is 79.9 Å². The molecule has 7 nitrogen and oxygen atoms in total. The maximum Gasteiger partial charge on any atom is 0.242 e. The van der Waals surface area contributed by atoms with Crippen LogP contribution in [0.1, 0.15) is 39.5 Å². The molecule has 1 saturated carbocycles. The van der Waals surface area contributed by atoms with Crippen molar-refractivity contribution in [3.05, 3.63) is 0 Å². The summed E-state index contributed by atoms with van der Waals surface area (Å²) in [6, 6.07) is 0.726. The van der Waals surface area contributed by atoms with Crippen LogP contribution in [0.3, 0.4) is 0 Å². The second kappa shape index (κ2) is 7.51. The normalized spacial score (nSPS) is 28.3. The van der Waals surface area contributed by atoms with Crippen molar-refractivity contribution in [2.75, 3.05) is 37.7 Å². The van der Waals surface area contributed by atoms with Gasteiger partial charge in [0, 0.05) is 31.7 Å². The summed E-state index contributed by atoms with van der Waals surface area (Å²) in [5, 5.41) is 3.42. The molecule has 0 bridgehead atoms. The molecule has 3 aliphatic rings. The van der Waals surface area contributed by atoms with Crippen molar-refractivity contribution in [2.45, 2.75) is 51.6 Å². The Kier molecular flexibility index (Phi) is 5.55. The topological polar surface area (TPSA) is 82.1 Å². The molecular formula is C17H30N4O3S. The minimum Gasteiger partial charge on any atom is -0.354 e. The molecule has 2 unspecified atom stereocenters. The van der Waals surface area contributed by atoms with Crippen LogP contribution in [0.15, 0.2) is 4.99 Å². The number of hydrogen-bond donors (Lipinski definition) is 1. The first-order valence-electron chi connectivity index (χ1n) is 9.43. The lowest BCUT2D eigenvalue weighted by Crippen LogP contribution is -2.56. The molecule has 2 atom stereocenters. The molecule has 1 N–H and O–H groups in total. The third kappa shape index (κ3) is 4.86. The summed E-state index contributed by atoms with van der Waals surface area (Å²) in [6.07, 6.45) is 3.92. The van der Waals surface area contributed by atoms with Gasteiger partial charge in [0.05, 0.1) is 18.1 Å². The van der Waals surface area contributed by atoms with Gasteiger partial charge < -0.3 is 15.1 Å². The summed E-state index contributed by atoms with van der Waals surface area (Å²) >= 11 is 0. The average Bonchev–Trinajstić information content (AvgIpc) is 3.34. The van der Waals surface area contributed by atoms with Gasteiger partial charge in [0.1, 0.15) is 0 Å². The van der Waals surface area contributed by atoms with E-state index < -0.39 is 9.84 Å². The van der Waals surface area contributed by atoms with Crippen molar-refractivity contribution in [1.29, 1.82) is 0 Å². The second-order valence-electron chi connectivity index (χ2n) is 7.63. The number of carbonyl (C=O) groups excluding carboxylic acids is 1. The maximum absolute atomic E-state index is 12.4. The van der Waals surface area contributed by atoms with E-state index in [-0.39, 0.29) is 29.4 Å². The zero-order chi connectivity index (χ0) is 18.0. The minimum atomic E-state index is -2.88. The summed E-state index contributed by atoms with van der Waals surface area (Å²) in [4.78, 5) is 21.1. The van der Waals surface area contributed by atoms with E-state index in [4.69, 9.17) is 4.99 Å². The van der Waals surface area contributed by atoms with Gasteiger partial charge in [-0.2, -0.15) is 0 Å². The number of nitrogens with one attached hydrogen (secondary N) is 1. The van der Waals surface area contributed by atoms with Crippen LogP contribution in [0.5, 0.6) is 0 Å². The van der Waals surface area contributed by atoms with Crippen molar-refractivity contribution >= 4 is 21.7 Å². The summed E-state index contributed by atoms with van der Waals surface area (Å²) in [5.41, 5.74) is 0. The van der Waals surface area contributed by atoms with Gasteiger partial charge in [0.15, 0.2) is 15.8 Å². The molecule has 0 aromatic rings. The Morgan fingerprint density at radius 1 is 1.32 bits per heavy atom. The standard InChI is InChI=1S/C17H30N4O3S/c1-3-13(2)19-17(18-10-14-6-9-25(23,24)12-14)20-7-8-21(15-4-5-15)16(22)11-20/h13-15H,3-12H2,1-2H3,(H,18,19). The van der Waals surface area contributed by atoms with Gasteiger partial charge in [-0.25, -0.2) is 8.42 Å². The number of aliphatic imine (C=N–C) groups is 1. The molecule has 25 heavy (non-hydrogen) atoms. The first kappa shape index (κ1) is 18.5. The molecule has 3 fully saturated rings. The highest BCUT2D eigenvalue weighted by Gasteiger charge is 2.36. The molecule has 0 aromatic heterocycles. The summed E-state index contributed by atoms with van der Waals surface area (Å²) in [6.45, 7) is 6.61. The molecule has 142 valence electrons. The largest absolute Gasteiger partial charge is 0.354 e. The van der Waals surface area contributed by atoms with E-state index in [0.29, 0.717) is 25.6 Å². The Balaban J connectivity index is 1.64. The van der Waals surface area contributed by atoms with Crippen LogP contribution in [0.4, 0.5) is 0 Å². The Morgan fingerprint density at radius 2 is 2.08 bits per heavy atom. The Morgan fingerprint density at radius 3 is 2.64 bits per heavy atom. The van der Waals surface area contributed by atoms with Gasteiger partial charge in [-0.3, -0.25) is 9.79 Å². The lowest BCUT2D eigenvalue weighted by molar-refractivity contribution is -0.135. The van der Waals surface area contributed by atoms with Crippen molar-refractivity contribution < 1.29 is 13.2 Å². The number of guanidine groups is 1. The molecule has 1 amide bonds. The fraction of sp³-hybridized carbons (Fsp3) is 0.882. The number of carbonyl (C=O) groups is 1. The Hall–Kier alpha value is -1.31. The Labute approximate surface area is 150 Å². The third-order valence-corrected chi connectivity index (χ3v) is 7.20. The van der Waals surface area contributed by atoms with Crippen LogP contribution in [0, 0.1) is 5.92 Å². The maximum atomic E-state index is 12.4. The zero-order valence-electron chi connectivity index (χ0n) is 15.3. The molecule has 0 spiro atoms. The van der Waals surface area contributed by atoms with Crippen LogP contribution in [0.2, 0.25) is 0 Å². The summed E-state index contributed by atoms with van der Waals surface area (Å²) in [7, 11) is -2.88. The fourth-order valence-electron chi connectivity index (χ4n) is 3.43. The predicted molar refractivity (Wildman–Crippen MR) is 98.3 cm³/mol. The lowest BCUT2D eigenvalue weighted by Gasteiger charge is -2.37. The van der Waals surface area contributed by atoms with E-state index in [1.807, 2.05) is 9.80 Å². The smallest absolute Gasteiger partial charge is 0.242 e. The van der Waals surface area contributed by atoms with Crippen LogP contribution < -0.4 is 5.32 Å². The highest BCUT2D eigenvalue weighted by atomic mass is 32.2. The van der Waals surface area contributed by atoms with Gasteiger partial charge in [-0.15, -0.1) is 0 Å². The van der Waals surface area contributed by atoms with Gasteiger partial charge >= 0.3 is 0 Å². The van der Waals surface area contributed by atoms with Crippen LogP contribution >= 0.6 is 0 Å². The third-order valence-electron chi connectivity index (χ3n) is 5.36. The summed E-state index contributed by atoms with van der Waals surface area (Å²) in [5.74, 6) is 1.54. The molecule has 2 saturated heterocycles. The molecular weight excluding hydrogens is 340 g/mol. The number of sulfone groups is 1. The quantitative estimate of drug-likeness (QED) is 0.562. The minimum absolute atomic E-state index is 0.0992. The molecule has 8 heteroatoms. The molecule has 3 rings (SSSR count). The molecule has 2 aliphatic heterocycles. The van der Waals surface area contributed by atoms with Gasteiger partial charge in [-0.05, 0) is 38.5 Å². The Bertz CT molecular complexity index is 630. The van der Waals surface area contributed by atoms with E-state index in [1.54, 1.807) is 0 Å². The van der Waals surface area contributed by atoms with E-state index in [1.165, 1.54) is 0 Å².